The molecule has 0 saturated heterocycles. The van der Waals surface area contributed by atoms with Crippen molar-refractivity contribution in [3.8, 4) is 0 Å². The molecule has 0 bridgehead atoms. The molecule has 0 radical (unpaired) electrons. The van der Waals surface area contributed by atoms with Crippen LogP contribution in [0, 0.1) is 0 Å². The zero-order chi connectivity index (χ0) is 13.4. The van der Waals surface area contributed by atoms with Crippen LogP contribution in [0.5, 0.6) is 0 Å². The van der Waals surface area contributed by atoms with Gasteiger partial charge in [-0.2, -0.15) is 0 Å². The monoisotopic (exact) mass is 307 g/mol. The van der Waals surface area contributed by atoms with Crippen molar-refractivity contribution in [3.05, 3.63) is 0 Å². The Morgan fingerprint density at radius 2 is 2.22 bits per heavy atom. The summed E-state index contributed by atoms with van der Waals surface area (Å²) in [4.78, 5) is 11.5. The lowest BCUT2D eigenvalue weighted by atomic mass is 10.2. The maximum Gasteiger partial charge on any atom is 0.323 e. The first kappa shape index (κ1) is 15.7. The van der Waals surface area contributed by atoms with E-state index in [-0.39, 0.29) is 12.0 Å². The van der Waals surface area contributed by atoms with Gasteiger partial charge in [-0.1, -0.05) is 34.9 Å². The fraction of sp³-hybridized carbons (Fsp3) is 0.700. The normalized spacial score (nSPS) is 12.4. The molecule has 0 aliphatic rings. The van der Waals surface area contributed by atoms with E-state index < -0.39 is 0 Å². The van der Waals surface area contributed by atoms with Crippen molar-refractivity contribution < 1.29 is 9.53 Å². The van der Waals surface area contributed by atoms with Gasteiger partial charge in [-0.25, -0.2) is 0 Å². The summed E-state index contributed by atoms with van der Waals surface area (Å²) in [7, 11) is 1.77. The summed E-state index contributed by atoms with van der Waals surface area (Å²) in [6, 6.07) is -0.245. The Kier molecular flexibility index (Phi) is 7.64. The summed E-state index contributed by atoms with van der Waals surface area (Å²) in [6.07, 6.45) is 2.70. The molecule has 102 valence electrons. The van der Waals surface area contributed by atoms with Crippen molar-refractivity contribution in [2.24, 2.45) is 0 Å². The second-order valence-corrected chi connectivity index (χ2v) is 6.64. The summed E-state index contributed by atoms with van der Waals surface area (Å²) >= 11 is 4.79. The summed E-state index contributed by atoms with van der Waals surface area (Å²) in [5, 5.41) is 11.1. The zero-order valence-electron chi connectivity index (χ0n) is 10.6. The van der Waals surface area contributed by atoms with Crippen LogP contribution in [0.4, 0.5) is 0 Å². The number of carbonyl (C=O) groups excluding carboxylic acids is 1. The van der Waals surface area contributed by atoms with Crippen LogP contribution in [0.25, 0.3) is 0 Å². The summed E-state index contributed by atoms with van der Waals surface area (Å²) in [6.45, 7) is 2.22. The average Bonchev–Trinajstić information content (AvgIpc) is 2.82. The fourth-order valence-corrected chi connectivity index (χ4v) is 3.74. The number of rotatable bonds is 8. The highest BCUT2D eigenvalue weighted by Gasteiger charge is 2.17. The number of hydrogen-bond acceptors (Lipinski definition) is 8. The highest BCUT2D eigenvalue weighted by Crippen LogP contribution is 2.27. The van der Waals surface area contributed by atoms with E-state index in [1.807, 2.05) is 13.2 Å². The molecule has 5 nitrogen and oxygen atoms in total. The van der Waals surface area contributed by atoms with E-state index in [1.165, 1.54) is 0 Å². The van der Waals surface area contributed by atoms with E-state index in [1.54, 1.807) is 41.9 Å². The van der Waals surface area contributed by atoms with Gasteiger partial charge < -0.3 is 10.1 Å². The first-order valence-electron chi connectivity index (χ1n) is 5.55. The molecule has 1 aromatic rings. The lowest BCUT2D eigenvalue weighted by Gasteiger charge is -2.13. The van der Waals surface area contributed by atoms with Gasteiger partial charge >= 0.3 is 5.97 Å². The van der Waals surface area contributed by atoms with Crippen LogP contribution >= 0.6 is 34.9 Å². The van der Waals surface area contributed by atoms with Gasteiger partial charge in [-0.3, -0.25) is 4.79 Å². The second kappa shape index (κ2) is 8.73. The molecule has 0 saturated carbocycles. The van der Waals surface area contributed by atoms with E-state index >= 15 is 0 Å². The smallest absolute Gasteiger partial charge is 0.323 e. The lowest BCUT2D eigenvalue weighted by molar-refractivity contribution is -0.145. The first-order valence-corrected chi connectivity index (χ1v) is 8.58. The Hall–Kier alpha value is -0.310. The zero-order valence-corrected chi connectivity index (χ0v) is 13.1. The third-order valence-electron chi connectivity index (χ3n) is 2.11. The maximum atomic E-state index is 11.5. The van der Waals surface area contributed by atoms with E-state index in [2.05, 4.69) is 15.5 Å². The Morgan fingerprint density at radius 1 is 1.50 bits per heavy atom. The van der Waals surface area contributed by atoms with Crippen LogP contribution in [0.15, 0.2) is 8.68 Å². The average molecular weight is 307 g/mol. The Labute approximate surface area is 119 Å². The number of likely N-dealkylation sites (N-methyl/N-ethyl adjacent to an activating group) is 1. The molecule has 0 amide bonds. The molecule has 0 aliphatic heterocycles. The molecule has 18 heavy (non-hydrogen) atoms. The molecule has 1 N–H and O–H groups in total. The van der Waals surface area contributed by atoms with Gasteiger partial charge in [0.1, 0.15) is 6.04 Å². The standard InChI is InChI=1S/C10H17N3O2S3/c1-4-15-8(14)7(11-2)5-6-17-10-13-12-9(16-3)18-10/h7,11H,4-6H2,1-3H3. The van der Waals surface area contributed by atoms with Crippen LogP contribution in [0.3, 0.4) is 0 Å². The van der Waals surface area contributed by atoms with Gasteiger partial charge in [0.2, 0.25) is 0 Å². The number of hydrogen-bond donors (Lipinski definition) is 1. The Bertz CT molecular complexity index is 373. The van der Waals surface area contributed by atoms with Crippen LogP contribution in [-0.2, 0) is 9.53 Å². The van der Waals surface area contributed by atoms with Crippen molar-refractivity contribution in [2.75, 3.05) is 25.7 Å². The number of nitrogens with zero attached hydrogens (tertiary/aromatic N) is 2. The van der Waals surface area contributed by atoms with Gasteiger partial charge in [0.15, 0.2) is 8.68 Å². The van der Waals surface area contributed by atoms with E-state index in [4.69, 9.17) is 4.74 Å². The molecule has 0 spiro atoms. The number of carbonyl (C=O) groups is 1. The molecular formula is C10H17N3O2S3. The fourth-order valence-electron chi connectivity index (χ4n) is 1.22. The molecule has 1 heterocycles. The number of aromatic nitrogens is 2. The highest BCUT2D eigenvalue weighted by atomic mass is 32.2. The lowest BCUT2D eigenvalue weighted by Crippen LogP contribution is -2.36. The largest absolute Gasteiger partial charge is 0.465 e. The Balaban J connectivity index is 2.32. The SMILES string of the molecule is CCOC(=O)C(CCSc1nnc(SC)s1)NC. The van der Waals surface area contributed by atoms with Crippen molar-refractivity contribution >= 4 is 40.8 Å². The quantitative estimate of drug-likeness (QED) is 0.581. The van der Waals surface area contributed by atoms with Crippen molar-refractivity contribution in [2.45, 2.75) is 28.1 Å². The minimum absolute atomic E-state index is 0.192. The van der Waals surface area contributed by atoms with Crippen molar-refractivity contribution in [1.82, 2.24) is 15.5 Å². The molecule has 0 aliphatic carbocycles. The molecule has 1 unspecified atom stereocenters. The van der Waals surface area contributed by atoms with Crippen LogP contribution in [0.1, 0.15) is 13.3 Å². The number of esters is 1. The van der Waals surface area contributed by atoms with Crippen LogP contribution in [-0.4, -0.2) is 47.9 Å². The van der Waals surface area contributed by atoms with Crippen molar-refractivity contribution in [1.29, 1.82) is 0 Å². The molecule has 1 atom stereocenters. The number of ether oxygens (including phenoxy) is 1. The topological polar surface area (TPSA) is 64.1 Å². The minimum Gasteiger partial charge on any atom is -0.465 e. The molecule has 8 heteroatoms. The summed E-state index contributed by atoms with van der Waals surface area (Å²) in [5.74, 6) is 0.621. The highest BCUT2D eigenvalue weighted by molar-refractivity contribution is 8.02. The maximum absolute atomic E-state index is 11.5. The number of nitrogens with one attached hydrogen (secondary N) is 1. The van der Waals surface area contributed by atoms with E-state index in [9.17, 15) is 4.79 Å². The van der Waals surface area contributed by atoms with Crippen LogP contribution < -0.4 is 5.32 Å². The summed E-state index contributed by atoms with van der Waals surface area (Å²) in [5.41, 5.74) is 0. The van der Waals surface area contributed by atoms with E-state index in [0.29, 0.717) is 13.0 Å². The minimum atomic E-state index is -0.245. The molecule has 0 aromatic carbocycles. The number of thioether (sulfide) groups is 2. The Morgan fingerprint density at radius 3 is 2.78 bits per heavy atom. The van der Waals surface area contributed by atoms with E-state index in [0.717, 1.165) is 14.4 Å². The molecular weight excluding hydrogens is 290 g/mol. The molecule has 1 aromatic heterocycles. The molecule has 0 fully saturated rings. The van der Waals surface area contributed by atoms with Gasteiger partial charge in [0.05, 0.1) is 6.61 Å². The van der Waals surface area contributed by atoms with Gasteiger partial charge in [-0.15, -0.1) is 10.2 Å². The van der Waals surface area contributed by atoms with Gasteiger partial charge in [0.25, 0.3) is 0 Å². The third-order valence-corrected chi connectivity index (χ3v) is 5.18. The predicted molar refractivity (Wildman–Crippen MR) is 76.5 cm³/mol. The van der Waals surface area contributed by atoms with Crippen LogP contribution in [0.2, 0.25) is 0 Å². The van der Waals surface area contributed by atoms with Gasteiger partial charge in [0, 0.05) is 5.75 Å². The van der Waals surface area contributed by atoms with Gasteiger partial charge in [-0.05, 0) is 26.6 Å². The molecule has 1 rings (SSSR count). The second-order valence-electron chi connectivity index (χ2n) is 3.27. The summed E-state index contributed by atoms with van der Waals surface area (Å²) < 4.78 is 6.89. The third kappa shape index (κ3) is 5.13. The predicted octanol–water partition coefficient (Wildman–Crippen LogP) is 1.89. The van der Waals surface area contributed by atoms with Crippen molar-refractivity contribution in [3.63, 3.8) is 0 Å². The first-order chi connectivity index (χ1) is 8.71.